The van der Waals surface area contributed by atoms with Gasteiger partial charge < -0.3 is 5.32 Å². The lowest BCUT2D eigenvalue weighted by Crippen LogP contribution is -2.38. The average molecular weight is 357 g/mol. The minimum atomic E-state index is -0.638. The Balaban J connectivity index is 2.02. The Bertz CT molecular complexity index is 987. The number of hydrogen-bond donors (Lipinski definition) is 1. The first-order valence-corrected chi connectivity index (χ1v) is 9.40. The van der Waals surface area contributed by atoms with Crippen LogP contribution in [0.25, 0.3) is 20.2 Å². The SMILES string of the molecule is Cc1nn([C@H](C)C(=O)NCCC(C)C)c(=O)c2c1sc1ccccc12. The van der Waals surface area contributed by atoms with E-state index in [1.165, 1.54) is 4.68 Å². The predicted octanol–water partition coefficient (Wildman–Crippen LogP) is 3.64. The van der Waals surface area contributed by atoms with E-state index >= 15 is 0 Å². The first kappa shape index (κ1) is 17.6. The zero-order chi connectivity index (χ0) is 18.1. The van der Waals surface area contributed by atoms with E-state index < -0.39 is 6.04 Å². The Morgan fingerprint density at radius 3 is 2.72 bits per heavy atom. The third-order valence-electron chi connectivity index (χ3n) is 4.37. The maximum Gasteiger partial charge on any atom is 0.276 e. The lowest BCUT2D eigenvalue weighted by atomic mass is 10.1. The van der Waals surface area contributed by atoms with Crippen LogP contribution in [0.4, 0.5) is 0 Å². The fourth-order valence-corrected chi connectivity index (χ4v) is 4.02. The van der Waals surface area contributed by atoms with E-state index in [2.05, 4.69) is 24.3 Å². The Kier molecular flexibility index (Phi) is 4.90. The zero-order valence-corrected chi connectivity index (χ0v) is 15.8. The van der Waals surface area contributed by atoms with Gasteiger partial charge in [0.2, 0.25) is 5.91 Å². The maximum atomic E-state index is 13.0. The summed E-state index contributed by atoms with van der Waals surface area (Å²) in [4.78, 5) is 25.4. The van der Waals surface area contributed by atoms with Crippen molar-refractivity contribution in [3.05, 3.63) is 40.3 Å². The van der Waals surface area contributed by atoms with Crippen LogP contribution in [0, 0.1) is 12.8 Å². The second-order valence-corrected chi connectivity index (χ2v) is 7.84. The van der Waals surface area contributed by atoms with E-state index in [-0.39, 0.29) is 11.5 Å². The van der Waals surface area contributed by atoms with Crippen LogP contribution in [0.1, 0.15) is 38.9 Å². The molecule has 0 saturated carbocycles. The minimum Gasteiger partial charge on any atom is -0.354 e. The van der Waals surface area contributed by atoms with E-state index in [9.17, 15) is 9.59 Å². The van der Waals surface area contributed by atoms with Gasteiger partial charge in [0.15, 0.2) is 0 Å². The van der Waals surface area contributed by atoms with Gasteiger partial charge in [-0.3, -0.25) is 9.59 Å². The summed E-state index contributed by atoms with van der Waals surface area (Å²) in [5.41, 5.74) is 0.571. The number of fused-ring (bicyclic) bond motifs is 3. The number of carbonyl (C=O) groups is 1. The number of carbonyl (C=O) groups excluding carboxylic acids is 1. The predicted molar refractivity (Wildman–Crippen MR) is 103 cm³/mol. The molecule has 132 valence electrons. The number of benzene rings is 1. The summed E-state index contributed by atoms with van der Waals surface area (Å²) in [6.07, 6.45) is 0.911. The van der Waals surface area contributed by atoms with E-state index in [4.69, 9.17) is 0 Å². The Morgan fingerprint density at radius 2 is 2.00 bits per heavy atom. The molecule has 0 bridgehead atoms. The molecule has 0 spiro atoms. The van der Waals surface area contributed by atoms with Crippen molar-refractivity contribution in [3.8, 4) is 0 Å². The number of rotatable bonds is 5. The molecule has 0 unspecified atom stereocenters. The van der Waals surface area contributed by atoms with Crippen molar-refractivity contribution < 1.29 is 4.79 Å². The molecule has 25 heavy (non-hydrogen) atoms. The van der Waals surface area contributed by atoms with Crippen molar-refractivity contribution in [2.45, 2.75) is 40.2 Å². The third kappa shape index (κ3) is 3.31. The summed E-state index contributed by atoms with van der Waals surface area (Å²) in [5, 5.41) is 8.91. The molecule has 0 aliphatic heterocycles. The van der Waals surface area contributed by atoms with Gasteiger partial charge in [-0.2, -0.15) is 5.10 Å². The van der Waals surface area contributed by atoms with Crippen LogP contribution in [0.2, 0.25) is 0 Å². The van der Waals surface area contributed by atoms with Gasteiger partial charge in [0, 0.05) is 16.6 Å². The fraction of sp³-hybridized carbons (Fsp3) is 0.421. The molecule has 1 atom stereocenters. The zero-order valence-electron chi connectivity index (χ0n) is 15.0. The number of nitrogens with one attached hydrogen (secondary N) is 1. The number of aromatic nitrogens is 2. The van der Waals surface area contributed by atoms with E-state index in [1.54, 1.807) is 18.3 Å². The first-order chi connectivity index (χ1) is 11.9. The molecule has 2 aromatic heterocycles. The number of thiophene rings is 1. The summed E-state index contributed by atoms with van der Waals surface area (Å²) in [6, 6.07) is 7.21. The number of nitrogens with zero attached hydrogens (tertiary/aromatic N) is 2. The Morgan fingerprint density at radius 1 is 1.28 bits per heavy atom. The molecule has 5 nitrogen and oxygen atoms in total. The van der Waals surface area contributed by atoms with Crippen LogP contribution in [-0.2, 0) is 4.79 Å². The molecule has 1 amide bonds. The van der Waals surface area contributed by atoms with E-state index in [0.717, 1.165) is 26.9 Å². The largest absolute Gasteiger partial charge is 0.354 e. The van der Waals surface area contributed by atoms with Gasteiger partial charge in [-0.05, 0) is 32.3 Å². The summed E-state index contributed by atoms with van der Waals surface area (Å²) in [6.45, 7) is 8.44. The van der Waals surface area contributed by atoms with Gasteiger partial charge >= 0.3 is 0 Å². The standard InChI is InChI=1S/C19H23N3O2S/c1-11(2)9-10-20-18(23)13(4)22-19(24)16-14-7-5-6-8-15(14)25-17(16)12(3)21-22/h5-8,11,13H,9-10H2,1-4H3,(H,20,23)/t13-/m1/s1. The highest BCUT2D eigenvalue weighted by Crippen LogP contribution is 2.32. The van der Waals surface area contributed by atoms with Crippen molar-refractivity contribution in [1.29, 1.82) is 0 Å². The highest BCUT2D eigenvalue weighted by atomic mass is 32.1. The molecule has 0 radical (unpaired) electrons. The Labute approximate surface area is 150 Å². The molecule has 0 aliphatic rings. The van der Waals surface area contributed by atoms with Crippen molar-refractivity contribution in [1.82, 2.24) is 15.1 Å². The summed E-state index contributed by atoms with van der Waals surface area (Å²) < 4.78 is 3.28. The van der Waals surface area contributed by atoms with Crippen molar-refractivity contribution >= 4 is 37.4 Å². The highest BCUT2D eigenvalue weighted by Gasteiger charge is 2.21. The quantitative estimate of drug-likeness (QED) is 0.758. The van der Waals surface area contributed by atoms with Crippen LogP contribution >= 0.6 is 11.3 Å². The topological polar surface area (TPSA) is 64.0 Å². The van der Waals surface area contributed by atoms with Gasteiger partial charge in [-0.15, -0.1) is 11.3 Å². The molecular formula is C19H23N3O2S. The molecule has 1 N–H and O–H groups in total. The maximum absolute atomic E-state index is 13.0. The van der Waals surface area contributed by atoms with Gasteiger partial charge in [-0.25, -0.2) is 4.68 Å². The number of amides is 1. The summed E-state index contributed by atoms with van der Waals surface area (Å²) in [7, 11) is 0. The van der Waals surface area contributed by atoms with Gasteiger partial charge in [-0.1, -0.05) is 32.0 Å². The lowest BCUT2D eigenvalue weighted by Gasteiger charge is -2.15. The lowest BCUT2D eigenvalue weighted by molar-refractivity contribution is -0.124. The smallest absolute Gasteiger partial charge is 0.276 e. The molecule has 0 fully saturated rings. The Hall–Kier alpha value is -2.21. The van der Waals surface area contributed by atoms with Crippen molar-refractivity contribution in [3.63, 3.8) is 0 Å². The van der Waals surface area contributed by atoms with E-state index in [0.29, 0.717) is 17.8 Å². The molecule has 3 rings (SSSR count). The second kappa shape index (κ2) is 6.96. The average Bonchev–Trinajstić information content (AvgIpc) is 2.97. The number of hydrogen-bond acceptors (Lipinski definition) is 4. The van der Waals surface area contributed by atoms with Crippen LogP contribution < -0.4 is 10.9 Å². The van der Waals surface area contributed by atoms with Crippen molar-refractivity contribution in [2.75, 3.05) is 6.54 Å². The number of aryl methyl sites for hydroxylation is 1. The molecule has 1 aromatic carbocycles. The van der Waals surface area contributed by atoms with Gasteiger partial charge in [0.25, 0.3) is 5.56 Å². The minimum absolute atomic E-state index is 0.173. The summed E-state index contributed by atoms with van der Waals surface area (Å²) >= 11 is 1.57. The van der Waals surface area contributed by atoms with Crippen LogP contribution in [0.3, 0.4) is 0 Å². The first-order valence-electron chi connectivity index (χ1n) is 8.58. The molecule has 2 heterocycles. The summed E-state index contributed by atoms with van der Waals surface area (Å²) in [5.74, 6) is 0.348. The monoisotopic (exact) mass is 357 g/mol. The highest BCUT2D eigenvalue weighted by molar-refractivity contribution is 7.26. The molecule has 3 aromatic rings. The molecule has 0 aliphatic carbocycles. The fourth-order valence-electron chi connectivity index (χ4n) is 2.88. The van der Waals surface area contributed by atoms with Gasteiger partial charge in [0.1, 0.15) is 6.04 Å². The van der Waals surface area contributed by atoms with E-state index in [1.807, 2.05) is 31.2 Å². The van der Waals surface area contributed by atoms with Crippen LogP contribution in [0.15, 0.2) is 29.1 Å². The second-order valence-electron chi connectivity index (χ2n) is 6.79. The third-order valence-corrected chi connectivity index (χ3v) is 5.65. The van der Waals surface area contributed by atoms with Crippen LogP contribution in [0.5, 0.6) is 0 Å². The molecule has 0 saturated heterocycles. The van der Waals surface area contributed by atoms with Crippen molar-refractivity contribution in [2.24, 2.45) is 5.92 Å². The van der Waals surface area contributed by atoms with Gasteiger partial charge in [0.05, 0.1) is 15.8 Å². The normalized spacial score (nSPS) is 12.8. The molecular weight excluding hydrogens is 334 g/mol. The molecule has 6 heteroatoms. The van der Waals surface area contributed by atoms with Crippen LogP contribution in [-0.4, -0.2) is 22.2 Å².